The van der Waals surface area contributed by atoms with Crippen molar-refractivity contribution >= 4 is 10.9 Å². The van der Waals surface area contributed by atoms with Crippen molar-refractivity contribution in [2.24, 2.45) is 11.7 Å². The molecule has 0 aliphatic carbocycles. The molecule has 1 aromatic carbocycles. The molecule has 3 nitrogen and oxygen atoms in total. The van der Waals surface area contributed by atoms with E-state index >= 15 is 0 Å². The van der Waals surface area contributed by atoms with E-state index in [0.717, 1.165) is 16.7 Å². The van der Waals surface area contributed by atoms with E-state index in [1.165, 1.54) is 0 Å². The van der Waals surface area contributed by atoms with Crippen molar-refractivity contribution in [2.75, 3.05) is 13.2 Å². The van der Waals surface area contributed by atoms with Crippen molar-refractivity contribution in [1.29, 1.82) is 0 Å². The van der Waals surface area contributed by atoms with E-state index < -0.39 is 0 Å². The Morgan fingerprint density at radius 2 is 2.19 bits per heavy atom. The van der Waals surface area contributed by atoms with Crippen LogP contribution in [-0.4, -0.2) is 18.1 Å². The Morgan fingerprint density at radius 3 is 3.00 bits per heavy atom. The van der Waals surface area contributed by atoms with E-state index in [4.69, 9.17) is 10.5 Å². The Hall–Kier alpha value is -1.61. The van der Waals surface area contributed by atoms with Gasteiger partial charge in [-0.2, -0.15) is 0 Å². The van der Waals surface area contributed by atoms with Crippen LogP contribution in [0.2, 0.25) is 0 Å². The lowest BCUT2D eigenvalue weighted by Crippen LogP contribution is -2.18. The fourth-order valence-corrected chi connectivity index (χ4v) is 1.50. The quantitative estimate of drug-likeness (QED) is 0.852. The Labute approximate surface area is 95.2 Å². The molecule has 0 fully saturated rings. The third-order valence-electron chi connectivity index (χ3n) is 2.53. The van der Waals surface area contributed by atoms with Gasteiger partial charge in [-0.25, -0.2) is 0 Å². The molecule has 16 heavy (non-hydrogen) atoms. The van der Waals surface area contributed by atoms with Gasteiger partial charge in [0.25, 0.3) is 0 Å². The van der Waals surface area contributed by atoms with Gasteiger partial charge in [0.15, 0.2) is 0 Å². The molecule has 84 valence electrons. The van der Waals surface area contributed by atoms with Crippen LogP contribution in [0.5, 0.6) is 5.75 Å². The van der Waals surface area contributed by atoms with E-state index in [2.05, 4.69) is 11.9 Å². The molecular weight excluding hydrogens is 200 g/mol. The number of nitrogens with zero attached hydrogens (tertiary/aromatic N) is 1. The summed E-state index contributed by atoms with van der Waals surface area (Å²) in [5.74, 6) is 1.25. The number of fused-ring (bicyclic) bond motifs is 1. The SMILES string of the molecule is CC(CN)COc1cccc2ncccc12. The van der Waals surface area contributed by atoms with Gasteiger partial charge in [0.05, 0.1) is 12.1 Å². The number of hydrogen-bond acceptors (Lipinski definition) is 3. The monoisotopic (exact) mass is 216 g/mol. The van der Waals surface area contributed by atoms with Crippen LogP contribution in [0.4, 0.5) is 0 Å². The second kappa shape index (κ2) is 4.94. The van der Waals surface area contributed by atoms with Crippen LogP contribution in [0.15, 0.2) is 36.5 Å². The number of ether oxygens (including phenoxy) is 1. The van der Waals surface area contributed by atoms with E-state index in [0.29, 0.717) is 19.1 Å². The van der Waals surface area contributed by atoms with Crippen molar-refractivity contribution in [3.05, 3.63) is 36.5 Å². The lowest BCUT2D eigenvalue weighted by Gasteiger charge is -2.12. The topological polar surface area (TPSA) is 48.1 Å². The third kappa shape index (κ3) is 2.31. The fraction of sp³-hybridized carbons (Fsp3) is 0.308. The van der Waals surface area contributed by atoms with Crippen LogP contribution in [0.25, 0.3) is 10.9 Å². The summed E-state index contributed by atoms with van der Waals surface area (Å²) in [4.78, 5) is 4.28. The van der Waals surface area contributed by atoms with E-state index in [9.17, 15) is 0 Å². The average molecular weight is 216 g/mol. The van der Waals surface area contributed by atoms with Gasteiger partial charge < -0.3 is 10.5 Å². The van der Waals surface area contributed by atoms with Crippen LogP contribution in [0.1, 0.15) is 6.92 Å². The minimum atomic E-state index is 0.368. The van der Waals surface area contributed by atoms with Crippen molar-refractivity contribution < 1.29 is 4.74 Å². The molecule has 1 unspecified atom stereocenters. The van der Waals surface area contributed by atoms with Gasteiger partial charge in [0.2, 0.25) is 0 Å². The van der Waals surface area contributed by atoms with Crippen LogP contribution in [0.3, 0.4) is 0 Å². The highest BCUT2D eigenvalue weighted by Crippen LogP contribution is 2.23. The average Bonchev–Trinajstić information content (AvgIpc) is 2.35. The van der Waals surface area contributed by atoms with Gasteiger partial charge in [0, 0.05) is 17.5 Å². The lowest BCUT2D eigenvalue weighted by molar-refractivity contribution is 0.267. The van der Waals surface area contributed by atoms with Crippen molar-refractivity contribution in [3.8, 4) is 5.75 Å². The number of aromatic nitrogens is 1. The van der Waals surface area contributed by atoms with Crippen LogP contribution >= 0.6 is 0 Å². The third-order valence-corrected chi connectivity index (χ3v) is 2.53. The molecule has 3 heteroatoms. The minimum absolute atomic E-state index is 0.368. The van der Waals surface area contributed by atoms with Crippen LogP contribution in [-0.2, 0) is 0 Å². The molecule has 0 spiro atoms. The zero-order valence-electron chi connectivity index (χ0n) is 9.39. The predicted octanol–water partition coefficient (Wildman–Crippen LogP) is 2.21. The van der Waals surface area contributed by atoms with Crippen molar-refractivity contribution in [1.82, 2.24) is 4.98 Å². The molecule has 0 amide bonds. The molecule has 0 aliphatic rings. The maximum atomic E-state index is 5.75. The Morgan fingerprint density at radius 1 is 1.31 bits per heavy atom. The molecule has 0 saturated carbocycles. The second-order valence-corrected chi connectivity index (χ2v) is 3.98. The standard InChI is InChI=1S/C13H16N2O/c1-10(8-14)9-16-13-6-2-5-12-11(13)4-3-7-15-12/h2-7,10H,8-9,14H2,1H3. The smallest absolute Gasteiger partial charge is 0.128 e. The van der Waals surface area contributed by atoms with Gasteiger partial charge in [-0.15, -0.1) is 0 Å². The minimum Gasteiger partial charge on any atom is -0.493 e. The van der Waals surface area contributed by atoms with Crippen LogP contribution in [0, 0.1) is 5.92 Å². The number of pyridine rings is 1. The first-order chi connectivity index (χ1) is 7.81. The number of benzene rings is 1. The Kier molecular flexibility index (Phi) is 3.37. The molecule has 1 heterocycles. The highest BCUT2D eigenvalue weighted by atomic mass is 16.5. The molecule has 0 radical (unpaired) electrons. The summed E-state index contributed by atoms with van der Waals surface area (Å²) in [6.45, 7) is 3.36. The summed E-state index contributed by atoms with van der Waals surface area (Å²) in [5, 5.41) is 1.05. The summed E-state index contributed by atoms with van der Waals surface area (Å²) in [5.41, 5.74) is 6.52. The molecule has 2 N–H and O–H groups in total. The number of nitrogens with two attached hydrogens (primary N) is 1. The summed E-state index contributed by atoms with van der Waals surface area (Å²) in [6.07, 6.45) is 1.79. The molecular formula is C13H16N2O. The highest BCUT2D eigenvalue weighted by molar-refractivity contribution is 5.84. The summed E-state index contributed by atoms with van der Waals surface area (Å²) < 4.78 is 5.75. The van der Waals surface area contributed by atoms with E-state index in [1.54, 1.807) is 6.20 Å². The molecule has 2 rings (SSSR count). The molecule has 0 saturated heterocycles. The number of rotatable bonds is 4. The molecule has 2 aromatic rings. The molecule has 1 aromatic heterocycles. The molecule has 1 atom stereocenters. The first-order valence-electron chi connectivity index (χ1n) is 5.48. The number of hydrogen-bond donors (Lipinski definition) is 1. The van der Waals surface area contributed by atoms with E-state index in [-0.39, 0.29) is 0 Å². The maximum Gasteiger partial charge on any atom is 0.128 e. The predicted molar refractivity (Wildman–Crippen MR) is 65.5 cm³/mol. The van der Waals surface area contributed by atoms with Crippen LogP contribution < -0.4 is 10.5 Å². The van der Waals surface area contributed by atoms with Crippen molar-refractivity contribution in [3.63, 3.8) is 0 Å². The normalized spacial score (nSPS) is 12.6. The van der Waals surface area contributed by atoms with Crippen molar-refractivity contribution in [2.45, 2.75) is 6.92 Å². The second-order valence-electron chi connectivity index (χ2n) is 3.98. The Bertz CT molecular complexity index is 465. The van der Waals surface area contributed by atoms with E-state index in [1.807, 2.05) is 30.3 Å². The van der Waals surface area contributed by atoms with Gasteiger partial charge in [-0.05, 0) is 30.8 Å². The molecule has 0 aliphatic heterocycles. The summed E-state index contributed by atoms with van der Waals surface area (Å²) in [6, 6.07) is 9.84. The summed E-state index contributed by atoms with van der Waals surface area (Å²) >= 11 is 0. The Balaban J connectivity index is 2.23. The fourth-order valence-electron chi connectivity index (χ4n) is 1.50. The first-order valence-corrected chi connectivity index (χ1v) is 5.48. The first kappa shape index (κ1) is 10.9. The van der Waals surface area contributed by atoms with Gasteiger partial charge in [-0.1, -0.05) is 13.0 Å². The maximum absolute atomic E-state index is 5.75. The highest BCUT2D eigenvalue weighted by Gasteiger charge is 2.04. The summed E-state index contributed by atoms with van der Waals surface area (Å²) in [7, 11) is 0. The molecule has 0 bridgehead atoms. The van der Waals surface area contributed by atoms with Gasteiger partial charge in [-0.3, -0.25) is 4.98 Å². The van der Waals surface area contributed by atoms with Gasteiger partial charge in [0.1, 0.15) is 5.75 Å². The lowest BCUT2D eigenvalue weighted by atomic mass is 10.2. The largest absolute Gasteiger partial charge is 0.493 e. The zero-order valence-corrected chi connectivity index (χ0v) is 9.39. The zero-order chi connectivity index (χ0) is 11.4. The van der Waals surface area contributed by atoms with Gasteiger partial charge >= 0.3 is 0 Å².